The molecule has 7 heteroatoms. The molecule has 2 heterocycles. The lowest BCUT2D eigenvalue weighted by Gasteiger charge is -2.36. The van der Waals surface area contributed by atoms with Crippen LogP contribution in [0.4, 0.5) is 5.69 Å². The monoisotopic (exact) mass is 334 g/mol. The Hall–Kier alpha value is -2.02. The summed E-state index contributed by atoms with van der Waals surface area (Å²) in [5.41, 5.74) is 2.27. The van der Waals surface area contributed by atoms with Crippen LogP contribution in [0.25, 0.3) is 0 Å². The topological polar surface area (TPSA) is 71.3 Å². The number of nitro benzene ring substituents is 1. The van der Waals surface area contributed by atoms with Crippen LogP contribution in [0.2, 0.25) is 0 Å². The summed E-state index contributed by atoms with van der Waals surface area (Å²) in [5, 5.41) is 14.3. The standard InChI is InChI=1S/C16H18N4O2.ClH/c21-20(22)15-5-1-3-13(9-15)12-19-8-7-18-11-16(19)14-4-2-6-17-10-14;/h1-6,9-10,16,18H,7-8,11-12H2;1H. The van der Waals surface area contributed by atoms with E-state index in [1.807, 2.05) is 18.3 Å². The minimum Gasteiger partial charge on any atom is -0.314 e. The maximum atomic E-state index is 10.9. The van der Waals surface area contributed by atoms with Crippen molar-refractivity contribution in [2.24, 2.45) is 0 Å². The van der Waals surface area contributed by atoms with E-state index in [2.05, 4.69) is 21.3 Å². The van der Waals surface area contributed by atoms with Crippen LogP contribution < -0.4 is 5.32 Å². The Kier molecular flexibility index (Phi) is 6.04. The van der Waals surface area contributed by atoms with Crippen molar-refractivity contribution in [2.45, 2.75) is 12.6 Å². The van der Waals surface area contributed by atoms with Crippen LogP contribution in [-0.2, 0) is 6.54 Å². The number of benzene rings is 1. The van der Waals surface area contributed by atoms with E-state index < -0.39 is 0 Å². The van der Waals surface area contributed by atoms with Gasteiger partial charge in [-0.15, -0.1) is 12.4 Å². The molecule has 2 aromatic rings. The molecule has 0 amide bonds. The summed E-state index contributed by atoms with van der Waals surface area (Å²) in [5.74, 6) is 0. The fourth-order valence-electron chi connectivity index (χ4n) is 2.84. The molecule has 1 aliphatic heterocycles. The highest BCUT2D eigenvalue weighted by atomic mass is 35.5. The molecule has 1 aromatic carbocycles. The summed E-state index contributed by atoms with van der Waals surface area (Å²) in [6.07, 6.45) is 3.66. The molecule has 0 bridgehead atoms. The lowest BCUT2D eigenvalue weighted by molar-refractivity contribution is -0.384. The van der Waals surface area contributed by atoms with Gasteiger partial charge in [0, 0.05) is 56.7 Å². The summed E-state index contributed by atoms with van der Waals surface area (Å²) in [6, 6.07) is 11.1. The number of non-ortho nitro benzene ring substituents is 1. The van der Waals surface area contributed by atoms with Gasteiger partial charge in [-0.1, -0.05) is 18.2 Å². The number of rotatable bonds is 4. The van der Waals surface area contributed by atoms with Crippen molar-refractivity contribution in [3.63, 3.8) is 0 Å². The van der Waals surface area contributed by atoms with Crippen molar-refractivity contribution in [3.05, 3.63) is 70.0 Å². The van der Waals surface area contributed by atoms with Gasteiger partial charge >= 0.3 is 0 Å². The second-order valence-electron chi connectivity index (χ2n) is 5.40. The first-order valence-corrected chi connectivity index (χ1v) is 7.32. The highest BCUT2D eigenvalue weighted by molar-refractivity contribution is 5.85. The number of hydrogen-bond donors (Lipinski definition) is 1. The Balaban J connectivity index is 0.00000192. The quantitative estimate of drug-likeness (QED) is 0.687. The predicted molar refractivity (Wildman–Crippen MR) is 90.6 cm³/mol. The van der Waals surface area contributed by atoms with Crippen LogP contribution in [0.5, 0.6) is 0 Å². The van der Waals surface area contributed by atoms with Crippen LogP contribution in [0.1, 0.15) is 17.2 Å². The molecule has 1 aromatic heterocycles. The molecule has 23 heavy (non-hydrogen) atoms. The van der Waals surface area contributed by atoms with Gasteiger partial charge in [-0.2, -0.15) is 0 Å². The van der Waals surface area contributed by atoms with Crippen LogP contribution in [0, 0.1) is 10.1 Å². The lowest BCUT2D eigenvalue weighted by atomic mass is 10.0. The molecule has 1 fully saturated rings. The molecule has 3 rings (SSSR count). The van der Waals surface area contributed by atoms with Crippen molar-refractivity contribution in [1.82, 2.24) is 15.2 Å². The van der Waals surface area contributed by atoms with Crippen LogP contribution in [-0.4, -0.2) is 34.4 Å². The molecule has 0 aliphatic carbocycles. The van der Waals surface area contributed by atoms with Crippen LogP contribution >= 0.6 is 12.4 Å². The van der Waals surface area contributed by atoms with E-state index >= 15 is 0 Å². The number of nitrogens with one attached hydrogen (secondary N) is 1. The number of nitrogens with zero attached hydrogens (tertiary/aromatic N) is 3. The molecular formula is C16H19ClN4O2. The average molecular weight is 335 g/mol. The predicted octanol–water partition coefficient (Wildman–Crippen LogP) is 2.56. The zero-order chi connectivity index (χ0) is 15.4. The zero-order valence-electron chi connectivity index (χ0n) is 12.6. The van der Waals surface area contributed by atoms with Gasteiger partial charge in [0.15, 0.2) is 0 Å². The van der Waals surface area contributed by atoms with E-state index in [1.165, 1.54) is 11.6 Å². The van der Waals surface area contributed by atoms with Gasteiger partial charge in [-0.3, -0.25) is 20.0 Å². The lowest BCUT2D eigenvalue weighted by Crippen LogP contribution is -2.45. The van der Waals surface area contributed by atoms with Crippen molar-refractivity contribution in [1.29, 1.82) is 0 Å². The van der Waals surface area contributed by atoms with Crippen LogP contribution in [0.15, 0.2) is 48.8 Å². The highest BCUT2D eigenvalue weighted by Gasteiger charge is 2.24. The first kappa shape index (κ1) is 17.3. The SMILES string of the molecule is Cl.O=[N+]([O-])c1cccc(CN2CCNCC2c2cccnc2)c1. The summed E-state index contributed by atoms with van der Waals surface area (Å²) in [7, 11) is 0. The second-order valence-corrected chi connectivity index (χ2v) is 5.40. The fourth-order valence-corrected chi connectivity index (χ4v) is 2.84. The average Bonchev–Trinajstić information content (AvgIpc) is 2.56. The van der Waals surface area contributed by atoms with Crippen molar-refractivity contribution >= 4 is 18.1 Å². The third-order valence-electron chi connectivity index (χ3n) is 3.93. The van der Waals surface area contributed by atoms with E-state index in [9.17, 15) is 10.1 Å². The number of piperazine rings is 1. The van der Waals surface area contributed by atoms with Crippen LogP contribution in [0.3, 0.4) is 0 Å². The summed E-state index contributed by atoms with van der Waals surface area (Å²) in [6.45, 7) is 3.39. The fraction of sp³-hybridized carbons (Fsp3) is 0.312. The number of aromatic nitrogens is 1. The van der Waals surface area contributed by atoms with Gasteiger partial charge < -0.3 is 5.32 Å². The highest BCUT2D eigenvalue weighted by Crippen LogP contribution is 2.24. The molecule has 1 atom stereocenters. The van der Waals surface area contributed by atoms with E-state index in [0.29, 0.717) is 6.54 Å². The van der Waals surface area contributed by atoms with E-state index in [0.717, 1.165) is 25.2 Å². The van der Waals surface area contributed by atoms with Crippen molar-refractivity contribution in [2.75, 3.05) is 19.6 Å². The zero-order valence-corrected chi connectivity index (χ0v) is 13.4. The molecule has 1 aliphatic rings. The number of hydrogen-bond acceptors (Lipinski definition) is 5. The first-order valence-electron chi connectivity index (χ1n) is 7.32. The third-order valence-corrected chi connectivity index (χ3v) is 3.93. The van der Waals surface area contributed by atoms with Gasteiger partial charge in [0.1, 0.15) is 0 Å². The molecule has 0 spiro atoms. The van der Waals surface area contributed by atoms with Gasteiger partial charge in [-0.05, 0) is 17.2 Å². The molecule has 122 valence electrons. The van der Waals surface area contributed by atoms with Gasteiger partial charge in [-0.25, -0.2) is 0 Å². The summed E-state index contributed by atoms with van der Waals surface area (Å²) in [4.78, 5) is 17.1. The Bertz CT molecular complexity index is 654. The van der Waals surface area contributed by atoms with E-state index in [4.69, 9.17) is 0 Å². The molecule has 0 saturated carbocycles. The maximum Gasteiger partial charge on any atom is 0.269 e. The summed E-state index contributed by atoms with van der Waals surface area (Å²) >= 11 is 0. The Morgan fingerprint density at radius 2 is 2.22 bits per heavy atom. The summed E-state index contributed by atoms with van der Waals surface area (Å²) < 4.78 is 0. The molecule has 1 N–H and O–H groups in total. The maximum absolute atomic E-state index is 10.9. The molecule has 1 unspecified atom stereocenters. The van der Waals surface area contributed by atoms with E-state index in [1.54, 1.807) is 18.3 Å². The Morgan fingerprint density at radius 1 is 1.35 bits per heavy atom. The van der Waals surface area contributed by atoms with E-state index in [-0.39, 0.29) is 29.1 Å². The largest absolute Gasteiger partial charge is 0.314 e. The minimum atomic E-state index is -0.347. The smallest absolute Gasteiger partial charge is 0.269 e. The first-order chi connectivity index (χ1) is 10.7. The van der Waals surface area contributed by atoms with Crippen molar-refractivity contribution in [3.8, 4) is 0 Å². The number of halogens is 1. The Morgan fingerprint density at radius 3 is 2.96 bits per heavy atom. The molecule has 1 saturated heterocycles. The Labute approximate surface area is 141 Å². The third kappa shape index (κ3) is 4.25. The van der Waals surface area contributed by atoms with Gasteiger partial charge in [0.25, 0.3) is 5.69 Å². The molecule has 6 nitrogen and oxygen atoms in total. The number of nitro groups is 1. The molecular weight excluding hydrogens is 316 g/mol. The molecule has 0 radical (unpaired) electrons. The minimum absolute atomic E-state index is 0. The van der Waals surface area contributed by atoms with Gasteiger partial charge in [0.2, 0.25) is 0 Å². The second kappa shape index (κ2) is 8.01. The van der Waals surface area contributed by atoms with Crippen molar-refractivity contribution < 1.29 is 4.92 Å². The number of pyridine rings is 1. The van der Waals surface area contributed by atoms with Gasteiger partial charge in [0.05, 0.1) is 4.92 Å². The normalized spacial score (nSPS) is 18.2.